The van der Waals surface area contributed by atoms with E-state index in [4.69, 9.17) is 0 Å². The Morgan fingerprint density at radius 1 is 1.50 bits per heavy atom. The molecule has 1 heterocycles. The first-order valence-corrected chi connectivity index (χ1v) is 5.84. The number of hydrogen-bond acceptors (Lipinski definition) is 2. The molecule has 0 radical (unpaired) electrons. The zero-order valence-electron chi connectivity index (χ0n) is 8.52. The van der Waals surface area contributed by atoms with Crippen LogP contribution in [0.3, 0.4) is 0 Å². The molecule has 0 aromatic rings. The van der Waals surface area contributed by atoms with Crippen molar-refractivity contribution in [3.63, 3.8) is 0 Å². The number of halogens is 2. The molecule has 1 saturated heterocycles. The maximum atomic E-state index is 11.9. The number of aliphatic imine (C=N–C) groups is 1. The molecule has 1 aliphatic heterocycles. The minimum atomic E-state index is -2.34. The van der Waals surface area contributed by atoms with Gasteiger partial charge in [0.25, 0.3) is 6.43 Å². The SMILES string of the molecule is CCC1(CC)CSC(=NCC(F)F)N1. The number of nitrogens with one attached hydrogen (secondary N) is 1. The number of nitrogens with zero attached hydrogens (tertiary/aromatic N) is 1. The molecule has 14 heavy (non-hydrogen) atoms. The van der Waals surface area contributed by atoms with E-state index in [-0.39, 0.29) is 5.54 Å². The average Bonchev–Trinajstić information content (AvgIpc) is 2.59. The van der Waals surface area contributed by atoms with Gasteiger partial charge >= 0.3 is 0 Å². The highest BCUT2D eigenvalue weighted by Gasteiger charge is 2.33. The Bertz CT molecular complexity index is 215. The lowest BCUT2D eigenvalue weighted by molar-refractivity contribution is 0.158. The van der Waals surface area contributed by atoms with Crippen LogP contribution in [0.25, 0.3) is 0 Å². The van der Waals surface area contributed by atoms with Crippen LogP contribution in [0.1, 0.15) is 26.7 Å². The summed E-state index contributed by atoms with van der Waals surface area (Å²) >= 11 is 1.55. The summed E-state index contributed by atoms with van der Waals surface area (Å²) in [5.41, 5.74) is 0.0750. The minimum absolute atomic E-state index is 0.0750. The van der Waals surface area contributed by atoms with Gasteiger partial charge in [-0.1, -0.05) is 25.6 Å². The maximum Gasteiger partial charge on any atom is 0.257 e. The van der Waals surface area contributed by atoms with E-state index in [1.807, 2.05) is 0 Å². The van der Waals surface area contributed by atoms with E-state index in [0.29, 0.717) is 5.17 Å². The quantitative estimate of drug-likeness (QED) is 0.790. The lowest BCUT2D eigenvalue weighted by atomic mass is 9.96. The van der Waals surface area contributed by atoms with Crippen molar-refractivity contribution >= 4 is 16.9 Å². The highest BCUT2D eigenvalue weighted by Crippen LogP contribution is 2.28. The molecule has 1 fully saturated rings. The Labute approximate surface area is 87.6 Å². The van der Waals surface area contributed by atoms with Crippen LogP contribution >= 0.6 is 11.8 Å². The van der Waals surface area contributed by atoms with Crippen molar-refractivity contribution < 1.29 is 8.78 Å². The molecule has 0 atom stereocenters. The normalized spacial score (nSPS) is 23.1. The molecule has 0 saturated carbocycles. The van der Waals surface area contributed by atoms with Gasteiger partial charge in [0.15, 0.2) is 5.17 Å². The predicted molar refractivity (Wildman–Crippen MR) is 57.2 cm³/mol. The van der Waals surface area contributed by atoms with E-state index in [9.17, 15) is 8.78 Å². The van der Waals surface area contributed by atoms with Crippen LogP contribution in [0, 0.1) is 0 Å². The third-order valence-corrected chi connectivity index (χ3v) is 3.79. The lowest BCUT2D eigenvalue weighted by Crippen LogP contribution is -2.42. The third-order valence-electron chi connectivity index (χ3n) is 2.58. The molecular formula is C9H16F2N2S. The molecule has 0 amide bonds. The van der Waals surface area contributed by atoms with Gasteiger partial charge in [-0.15, -0.1) is 0 Å². The van der Waals surface area contributed by atoms with Crippen LogP contribution in [0.5, 0.6) is 0 Å². The lowest BCUT2D eigenvalue weighted by Gasteiger charge is -2.25. The topological polar surface area (TPSA) is 24.4 Å². The van der Waals surface area contributed by atoms with Gasteiger partial charge in [0.2, 0.25) is 0 Å². The summed E-state index contributed by atoms with van der Waals surface area (Å²) in [5.74, 6) is 0.933. The Hall–Kier alpha value is -0.320. The van der Waals surface area contributed by atoms with E-state index in [2.05, 4.69) is 24.2 Å². The van der Waals surface area contributed by atoms with Gasteiger partial charge < -0.3 is 5.32 Å². The van der Waals surface area contributed by atoms with Crippen LogP contribution in [0.15, 0.2) is 4.99 Å². The first-order chi connectivity index (χ1) is 6.62. The van der Waals surface area contributed by atoms with Crippen LogP contribution in [-0.4, -0.2) is 29.4 Å². The van der Waals surface area contributed by atoms with E-state index in [1.165, 1.54) is 0 Å². The molecule has 0 aromatic heterocycles. The van der Waals surface area contributed by atoms with E-state index >= 15 is 0 Å². The number of thioether (sulfide) groups is 1. The molecule has 82 valence electrons. The molecule has 2 nitrogen and oxygen atoms in total. The maximum absolute atomic E-state index is 11.9. The minimum Gasteiger partial charge on any atom is -0.359 e. The molecule has 1 aliphatic rings. The third kappa shape index (κ3) is 2.83. The molecule has 1 N–H and O–H groups in total. The number of amidine groups is 1. The van der Waals surface area contributed by atoms with Gasteiger partial charge in [-0.25, -0.2) is 8.78 Å². The second-order valence-electron chi connectivity index (χ2n) is 3.44. The van der Waals surface area contributed by atoms with Crippen LogP contribution in [0.4, 0.5) is 8.78 Å². The van der Waals surface area contributed by atoms with Crippen molar-refractivity contribution in [2.45, 2.75) is 38.7 Å². The molecule has 0 spiro atoms. The fourth-order valence-electron chi connectivity index (χ4n) is 1.37. The van der Waals surface area contributed by atoms with E-state index in [1.54, 1.807) is 11.8 Å². The second kappa shape index (κ2) is 4.96. The smallest absolute Gasteiger partial charge is 0.257 e. The Morgan fingerprint density at radius 3 is 2.57 bits per heavy atom. The van der Waals surface area contributed by atoms with Gasteiger partial charge in [0, 0.05) is 11.3 Å². The number of alkyl halides is 2. The van der Waals surface area contributed by atoms with Crippen LogP contribution in [-0.2, 0) is 0 Å². The monoisotopic (exact) mass is 222 g/mol. The first kappa shape index (κ1) is 11.8. The van der Waals surface area contributed by atoms with Crippen LogP contribution < -0.4 is 5.32 Å². The van der Waals surface area contributed by atoms with Gasteiger partial charge in [-0.05, 0) is 12.8 Å². The van der Waals surface area contributed by atoms with Crippen molar-refractivity contribution in [2.75, 3.05) is 12.3 Å². The van der Waals surface area contributed by atoms with Crippen LogP contribution in [0.2, 0.25) is 0 Å². The van der Waals surface area contributed by atoms with Gasteiger partial charge in [0.05, 0.1) is 0 Å². The summed E-state index contributed by atoms with van der Waals surface area (Å²) in [7, 11) is 0. The van der Waals surface area contributed by atoms with Crippen molar-refractivity contribution in [2.24, 2.45) is 4.99 Å². The van der Waals surface area contributed by atoms with Crippen molar-refractivity contribution in [3.05, 3.63) is 0 Å². The van der Waals surface area contributed by atoms with Crippen molar-refractivity contribution in [1.29, 1.82) is 0 Å². The molecule has 1 rings (SSSR count). The largest absolute Gasteiger partial charge is 0.359 e. The van der Waals surface area contributed by atoms with Crippen molar-refractivity contribution in [3.8, 4) is 0 Å². The fraction of sp³-hybridized carbons (Fsp3) is 0.889. The molecule has 0 aliphatic carbocycles. The summed E-state index contributed by atoms with van der Waals surface area (Å²) in [6.07, 6.45) is -0.336. The highest BCUT2D eigenvalue weighted by molar-refractivity contribution is 8.14. The zero-order chi connectivity index (χ0) is 10.6. The molecule has 5 heteroatoms. The Kier molecular flexibility index (Phi) is 4.16. The second-order valence-corrected chi connectivity index (χ2v) is 4.40. The van der Waals surface area contributed by atoms with Crippen molar-refractivity contribution in [1.82, 2.24) is 5.32 Å². The Morgan fingerprint density at radius 2 is 2.14 bits per heavy atom. The fourth-order valence-corrected chi connectivity index (χ4v) is 2.72. The molecule has 0 unspecified atom stereocenters. The highest BCUT2D eigenvalue weighted by atomic mass is 32.2. The van der Waals surface area contributed by atoms with E-state index < -0.39 is 13.0 Å². The molecule has 0 bridgehead atoms. The summed E-state index contributed by atoms with van der Waals surface area (Å²) in [6, 6.07) is 0. The summed E-state index contributed by atoms with van der Waals surface area (Å²) in [5, 5.41) is 3.91. The van der Waals surface area contributed by atoms with Gasteiger partial charge in [0.1, 0.15) is 6.54 Å². The first-order valence-electron chi connectivity index (χ1n) is 4.85. The standard InChI is InChI=1S/C9H16F2N2S/c1-3-9(4-2)6-14-8(13-9)12-5-7(10)11/h7H,3-6H2,1-2H3,(H,12,13). The number of rotatable bonds is 4. The summed E-state index contributed by atoms with van der Waals surface area (Å²) < 4.78 is 23.8. The summed E-state index contributed by atoms with van der Waals surface area (Å²) in [6.45, 7) is 3.82. The number of hydrogen-bond donors (Lipinski definition) is 1. The average molecular weight is 222 g/mol. The van der Waals surface area contributed by atoms with E-state index in [0.717, 1.165) is 18.6 Å². The zero-order valence-corrected chi connectivity index (χ0v) is 9.33. The van der Waals surface area contributed by atoms with Gasteiger partial charge in [-0.3, -0.25) is 4.99 Å². The molecular weight excluding hydrogens is 206 g/mol. The summed E-state index contributed by atoms with van der Waals surface area (Å²) in [4.78, 5) is 3.83. The Balaban J connectivity index is 2.51. The van der Waals surface area contributed by atoms with Gasteiger partial charge in [-0.2, -0.15) is 0 Å². The predicted octanol–water partition coefficient (Wildman–Crippen LogP) is 2.50. The molecule has 0 aromatic carbocycles.